The highest BCUT2D eigenvalue weighted by Crippen LogP contribution is 2.31. The molecule has 1 amide bonds. The number of anilines is 1. The fraction of sp³-hybridized carbons (Fsp3) is 0.476. The van der Waals surface area contributed by atoms with E-state index in [4.69, 9.17) is 4.74 Å². The molecule has 8 heteroatoms. The molecule has 0 unspecified atom stereocenters. The number of nitrogens with one attached hydrogen (secondary N) is 1. The Morgan fingerprint density at radius 3 is 2.83 bits per heavy atom. The molecular weight excluding hydrogens is 368 g/mol. The van der Waals surface area contributed by atoms with Gasteiger partial charge in [-0.05, 0) is 38.9 Å². The van der Waals surface area contributed by atoms with Crippen molar-refractivity contribution in [3.8, 4) is 11.3 Å². The average Bonchev–Trinajstić information content (AvgIpc) is 3.34. The zero-order valence-electron chi connectivity index (χ0n) is 17.1. The first-order valence-electron chi connectivity index (χ1n) is 10.0. The van der Waals surface area contributed by atoms with Crippen LogP contribution in [0, 0.1) is 5.92 Å². The van der Waals surface area contributed by atoms with Gasteiger partial charge in [0, 0.05) is 49.4 Å². The fourth-order valence-corrected chi connectivity index (χ4v) is 4.18. The number of carbonyl (C=O) groups excluding carboxylic acids is 1. The summed E-state index contributed by atoms with van der Waals surface area (Å²) in [5, 5.41) is 11.8. The van der Waals surface area contributed by atoms with Gasteiger partial charge in [0.25, 0.3) is 0 Å². The molecule has 3 aromatic heterocycles. The van der Waals surface area contributed by atoms with Gasteiger partial charge in [-0.25, -0.2) is 4.52 Å². The lowest BCUT2D eigenvalue weighted by Crippen LogP contribution is -2.59. The maximum absolute atomic E-state index is 12.0. The Labute approximate surface area is 169 Å². The molecule has 4 heterocycles. The van der Waals surface area contributed by atoms with Crippen LogP contribution in [0.3, 0.4) is 0 Å². The summed E-state index contributed by atoms with van der Waals surface area (Å²) in [6, 6.07) is 5.99. The Bertz CT molecular complexity index is 1070. The van der Waals surface area contributed by atoms with Crippen LogP contribution in [0.4, 0.5) is 5.82 Å². The third-order valence-corrected chi connectivity index (χ3v) is 5.74. The number of hydrogen-bond donors (Lipinski definition) is 1. The highest BCUT2D eigenvalue weighted by molar-refractivity contribution is 5.93. The van der Waals surface area contributed by atoms with E-state index in [0.29, 0.717) is 12.4 Å². The van der Waals surface area contributed by atoms with Crippen LogP contribution in [0.25, 0.3) is 16.8 Å². The quantitative estimate of drug-likeness (QED) is 0.694. The summed E-state index contributed by atoms with van der Waals surface area (Å²) in [6.07, 6.45) is 5.74. The molecule has 0 spiro atoms. The summed E-state index contributed by atoms with van der Waals surface area (Å²) in [6.45, 7) is 4.57. The van der Waals surface area contributed by atoms with E-state index in [1.807, 2.05) is 36.3 Å². The SMILES string of the molecule is CN1CC(C)(OCc2cnn(C)c2-c2ccn3nc(NC(=O)C4CC4)cc3c2)C1. The van der Waals surface area contributed by atoms with E-state index in [0.717, 1.165) is 48.3 Å². The van der Waals surface area contributed by atoms with Crippen molar-refractivity contribution in [3.63, 3.8) is 0 Å². The molecule has 0 bridgehead atoms. The Morgan fingerprint density at radius 1 is 1.31 bits per heavy atom. The van der Waals surface area contributed by atoms with Gasteiger partial charge >= 0.3 is 0 Å². The molecule has 2 aliphatic rings. The third-order valence-electron chi connectivity index (χ3n) is 5.74. The number of likely N-dealkylation sites (tertiary alicyclic amines) is 1. The van der Waals surface area contributed by atoms with Gasteiger partial charge in [0.05, 0.1) is 29.6 Å². The Morgan fingerprint density at radius 2 is 2.10 bits per heavy atom. The van der Waals surface area contributed by atoms with Crippen molar-refractivity contribution >= 4 is 17.2 Å². The van der Waals surface area contributed by atoms with Crippen molar-refractivity contribution in [3.05, 3.63) is 36.2 Å². The van der Waals surface area contributed by atoms with Crippen LogP contribution in [0.1, 0.15) is 25.3 Å². The van der Waals surface area contributed by atoms with E-state index in [1.54, 1.807) is 4.52 Å². The molecular formula is C21H26N6O2. The predicted molar refractivity (Wildman–Crippen MR) is 109 cm³/mol. The number of aromatic nitrogens is 4. The summed E-state index contributed by atoms with van der Waals surface area (Å²) >= 11 is 0. The van der Waals surface area contributed by atoms with Crippen molar-refractivity contribution in [2.75, 3.05) is 25.5 Å². The highest BCUT2D eigenvalue weighted by Gasteiger charge is 2.37. The number of likely N-dealkylation sites (N-methyl/N-ethyl adjacent to an activating group) is 1. The van der Waals surface area contributed by atoms with E-state index in [9.17, 15) is 4.79 Å². The molecule has 0 aromatic carbocycles. The molecule has 0 radical (unpaired) electrons. The Hall–Kier alpha value is -2.71. The van der Waals surface area contributed by atoms with Crippen molar-refractivity contribution in [1.82, 2.24) is 24.3 Å². The van der Waals surface area contributed by atoms with Crippen LogP contribution >= 0.6 is 0 Å². The van der Waals surface area contributed by atoms with Gasteiger partial charge in [0.15, 0.2) is 5.82 Å². The molecule has 152 valence electrons. The van der Waals surface area contributed by atoms with Crippen molar-refractivity contribution in [2.24, 2.45) is 13.0 Å². The predicted octanol–water partition coefficient (Wildman–Crippen LogP) is 2.30. The summed E-state index contributed by atoms with van der Waals surface area (Å²) in [5.74, 6) is 0.814. The zero-order valence-corrected chi connectivity index (χ0v) is 17.1. The van der Waals surface area contributed by atoms with Crippen molar-refractivity contribution in [1.29, 1.82) is 0 Å². The van der Waals surface area contributed by atoms with Gasteiger partial charge in [-0.3, -0.25) is 9.48 Å². The lowest BCUT2D eigenvalue weighted by molar-refractivity contribution is -0.131. The van der Waals surface area contributed by atoms with Crippen LogP contribution in [-0.2, 0) is 23.2 Å². The summed E-state index contributed by atoms with van der Waals surface area (Å²) in [7, 11) is 4.04. The van der Waals surface area contributed by atoms with Gasteiger partial charge in [-0.1, -0.05) is 0 Å². The summed E-state index contributed by atoms with van der Waals surface area (Å²) < 4.78 is 9.86. The molecule has 5 rings (SSSR count). The van der Waals surface area contributed by atoms with Gasteiger partial charge in [-0.15, -0.1) is 0 Å². The number of carbonyl (C=O) groups is 1. The van der Waals surface area contributed by atoms with Crippen molar-refractivity contribution < 1.29 is 9.53 Å². The number of ether oxygens (including phenoxy) is 1. The maximum atomic E-state index is 12.0. The summed E-state index contributed by atoms with van der Waals surface area (Å²) in [4.78, 5) is 14.3. The van der Waals surface area contributed by atoms with E-state index in [2.05, 4.69) is 40.5 Å². The van der Waals surface area contributed by atoms with Gasteiger partial charge in [0.2, 0.25) is 5.91 Å². The minimum atomic E-state index is -0.0913. The zero-order chi connectivity index (χ0) is 20.2. The van der Waals surface area contributed by atoms with E-state index >= 15 is 0 Å². The number of amides is 1. The second-order valence-corrected chi connectivity index (χ2v) is 8.63. The fourth-order valence-electron chi connectivity index (χ4n) is 4.18. The first-order chi connectivity index (χ1) is 13.9. The largest absolute Gasteiger partial charge is 0.368 e. The number of nitrogens with zero attached hydrogens (tertiary/aromatic N) is 5. The second-order valence-electron chi connectivity index (χ2n) is 8.63. The third kappa shape index (κ3) is 3.54. The molecule has 29 heavy (non-hydrogen) atoms. The van der Waals surface area contributed by atoms with Gasteiger partial charge < -0.3 is 15.0 Å². The van der Waals surface area contributed by atoms with Crippen LogP contribution in [0.2, 0.25) is 0 Å². The van der Waals surface area contributed by atoms with Gasteiger partial charge in [-0.2, -0.15) is 10.2 Å². The first-order valence-corrected chi connectivity index (χ1v) is 10.0. The molecule has 2 fully saturated rings. The highest BCUT2D eigenvalue weighted by atomic mass is 16.5. The lowest BCUT2D eigenvalue weighted by atomic mass is 9.97. The van der Waals surface area contributed by atoms with E-state index in [1.165, 1.54) is 0 Å². The monoisotopic (exact) mass is 394 g/mol. The summed E-state index contributed by atoms with van der Waals surface area (Å²) in [5.41, 5.74) is 3.98. The molecule has 1 saturated heterocycles. The molecule has 1 aliphatic heterocycles. The smallest absolute Gasteiger partial charge is 0.228 e. The number of hydrogen-bond acceptors (Lipinski definition) is 5. The molecule has 1 N–H and O–H groups in total. The van der Waals surface area contributed by atoms with Crippen LogP contribution in [-0.4, -0.2) is 55.9 Å². The molecule has 0 atom stereocenters. The van der Waals surface area contributed by atoms with Crippen LogP contribution in [0.5, 0.6) is 0 Å². The van der Waals surface area contributed by atoms with Gasteiger partial charge in [0.1, 0.15) is 0 Å². The molecule has 1 aliphatic carbocycles. The Kier molecular flexibility index (Phi) is 4.22. The van der Waals surface area contributed by atoms with Crippen molar-refractivity contribution in [2.45, 2.75) is 32.0 Å². The first kappa shape index (κ1) is 18.3. The molecule has 1 saturated carbocycles. The molecule has 8 nitrogen and oxygen atoms in total. The molecule has 3 aromatic rings. The van der Waals surface area contributed by atoms with E-state index < -0.39 is 0 Å². The number of pyridine rings is 1. The lowest BCUT2D eigenvalue weighted by Gasteiger charge is -2.45. The van der Waals surface area contributed by atoms with Crippen LogP contribution < -0.4 is 5.32 Å². The maximum Gasteiger partial charge on any atom is 0.228 e. The minimum Gasteiger partial charge on any atom is -0.368 e. The minimum absolute atomic E-state index is 0.0647. The number of fused-ring (bicyclic) bond motifs is 1. The topological polar surface area (TPSA) is 76.7 Å². The number of rotatable bonds is 6. The van der Waals surface area contributed by atoms with Crippen LogP contribution in [0.15, 0.2) is 30.6 Å². The normalized spacial score (nSPS) is 18.7. The number of aryl methyl sites for hydroxylation is 1. The van der Waals surface area contributed by atoms with E-state index in [-0.39, 0.29) is 17.4 Å². The second kappa shape index (κ2) is 6.67. The standard InChI is InChI=1S/C21H26N6O2/c1-21(12-25(2)13-21)29-11-16-10-22-26(3)19(16)15-6-7-27-17(8-15)9-18(24-27)23-20(28)14-4-5-14/h6-10,14H,4-5,11-13H2,1-3H3,(H,23,24,28). The average molecular weight is 394 g/mol. The Balaban J connectivity index is 1.38.